The molecule has 72 valence electrons. The van der Waals surface area contributed by atoms with Gasteiger partial charge in [0.25, 0.3) is 0 Å². The van der Waals surface area contributed by atoms with Gasteiger partial charge in [-0.15, -0.1) is 0 Å². The molecule has 1 unspecified atom stereocenters. The highest BCUT2D eigenvalue weighted by Crippen LogP contribution is 2.20. The number of nitrogens with zero attached hydrogens (tertiary/aromatic N) is 1. The number of β-amino-alcohol motifs (C(OH)–C–C–N with tert-alkyl or cyclic N) is 1. The summed E-state index contributed by atoms with van der Waals surface area (Å²) in [5.41, 5.74) is -0.641. The minimum absolute atomic E-state index is 0.556. The summed E-state index contributed by atoms with van der Waals surface area (Å²) in [5.74, 6) is 0.756. The topological polar surface area (TPSA) is 58.3 Å². The number of oxazole rings is 1. The molecule has 0 saturated carbocycles. The Morgan fingerprint density at radius 2 is 2.62 bits per heavy atom. The average Bonchev–Trinajstić information content (AvgIpc) is 2.57. The predicted molar refractivity (Wildman–Crippen MR) is 47.3 cm³/mol. The highest BCUT2D eigenvalue weighted by Gasteiger charge is 2.30. The first-order valence-electron chi connectivity index (χ1n) is 4.59. The lowest BCUT2D eigenvalue weighted by Crippen LogP contribution is -2.47. The molecule has 0 aromatic carbocycles. The molecule has 13 heavy (non-hydrogen) atoms. The van der Waals surface area contributed by atoms with Crippen molar-refractivity contribution < 1.29 is 9.52 Å². The fourth-order valence-corrected chi connectivity index (χ4v) is 1.76. The lowest BCUT2D eigenvalue weighted by atomic mass is 9.90. The quantitative estimate of drug-likeness (QED) is 0.692. The molecule has 1 fully saturated rings. The summed E-state index contributed by atoms with van der Waals surface area (Å²) in [6, 6.07) is 0. The first-order chi connectivity index (χ1) is 6.29. The summed E-state index contributed by atoms with van der Waals surface area (Å²) in [7, 11) is 0. The Morgan fingerprint density at radius 3 is 3.23 bits per heavy atom. The third-order valence-electron chi connectivity index (χ3n) is 2.44. The van der Waals surface area contributed by atoms with Crippen molar-refractivity contribution in [2.45, 2.75) is 24.9 Å². The van der Waals surface area contributed by atoms with E-state index in [9.17, 15) is 5.11 Å². The minimum Gasteiger partial charge on any atom is -0.448 e. The van der Waals surface area contributed by atoms with E-state index in [4.69, 9.17) is 4.42 Å². The standard InChI is InChI=1S/C9H14N2O2/c12-9(2-1-3-10-6-9)4-8-5-11-7-13-8/h5,7,10,12H,1-4,6H2. The molecule has 2 N–H and O–H groups in total. The van der Waals surface area contributed by atoms with E-state index in [0.29, 0.717) is 13.0 Å². The maximum atomic E-state index is 10.1. The van der Waals surface area contributed by atoms with Crippen LogP contribution in [0.4, 0.5) is 0 Å². The van der Waals surface area contributed by atoms with Crippen molar-refractivity contribution in [1.29, 1.82) is 0 Å². The Kier molecular flexibility index (Phi) is 2.33. The van der Waals surface area contributed by atoms with E-state index < -0.39 is 5.60 Å². The van der Waals surface area contributed by atoms with Crippen LogP contribution in [0.1, 0.15) is 18.6 Å². The van der Waals surface area contributed by atoms with Crippen molar-refractivity contribution >= 4 is 0 Å². The van der Waals surface area contributed by atoms with Crippen LogP contribution in [0.2, 0.25) is 0 Å². The van der Waals surface area contributed by atoms with E-state index in [0.717, 1.165) is 25.1 Å². The molecular formula is C9H14N2O2. The van der Waals surface area contributed by atoms with E-state index in [2.05, 4.69) is 10.3 Å². The minimum atomic E-state index is -0.641. The maximum Gasteiger partial charge on any atom is 0.180 e. The number of aromatic nitrogens is 1. The Balaban J connectivity index is 1.99. The Morgan fingerprint density at radius 1 is 1.69 bits per heavy atom. The van der Waals surface area contributed by atoms with E-state index >= 15 is 0 Å². The predicted octanol–water partition coefficient (Wildman–Crippen LogP) is 0.332. The zero-order valence-corrected chi connectivity index (χ0v) is 7.49. The zero-order valence-electron chi connectivity index (χ0n) is 7.49. The zero-order chi connectivity index (χ0) is 9.15. The van der Waals surface area contributed by atoms with Crippen molar-refractivity contribution in [2.75, 3.05) is 13.1 Å². The van der Waals surface area contributed by atoms with E-state index in [1.54, 1.807) is 6.20 Å². The van der Waals surface area contributed by atoms with Crippen LogP contribution in [-0.2, 0) is 6.42 Å². The SMILES string of the molecule is OC1(Cc2cnco2)CCCNC1. The molecule has 0 bridgehead atoms. The molecule has 1 atom stereocenters. The monoisotopic (exact) mass is 182 g/mol. The molecule has 1 saturated heterocycles. The van der Waals surface area contributed by atoms with E-state index in [1.165, 1.54) is 6.39 Å². The van der Waals surface area contributed by atoms with Crippen molar-refractivity contribution in [1.82, 2.24) is 10.3 Å². The van der Waals surface area contributed by atoms with Crippen LogP contribution < -0.4 is 5.32 Å². The van der Waals surface area contributed by atoms with Gasteiger partial charge in [-0.1, -0.05) is 0 Å². The third-order valence-corrected chi connectivity index (χ3v) is 2.44. The van der Waals surface area contributed by atoms with Gasteiger partial charge in [-0.05, 0) is 19.4 Å². The fraction of sp³-hybridized carbons (Fsp3) is 0.667. The van der Waals surface area contributed by atoms with Crippen molar-refractivity contribution in [2.24, 2.45) is 0 Å². The molecule has 4 heteroatoms. The molecule has 1 aliphatic heterocycles. The number of rotatable bonds is 2. The number of hydrogen-bond acceptors (Lipinski definition) is 4. The molecule has 0 aliphatic carbocycles. The van der Waals surface area contributed by atoms with Crippen molar-refractivity contribution in [3.8, 4) is 0 Å². The van der Waals surface area contributed by atoms with Crippen LogP contribution in [0.3, 0.4) is 0 Å². The molecular weight excluding hydrogens is 168 g/mol. The van der Waals surface area contributed by atoms with Gasteiger partial charge in [-0.3, -0.25) is 0 Å². The number of piperidine rings is 1. The number of nitrogens with one attached hydrogen (secondary N) is 1. The molecule has 1 aliphatic rings. The van der Waals surface area contributed by atoms with Gasteiger partial charge in [0, 0.05) is 13.0 Å². The fourth-order valence-electron chi connectivity index (χ4n) is 1.76. The highest BCUT2D eigenvalue weighted by molar-refractivity contribution is 4.99. The lowest BCUT2D eigenvalue weighted by Gasteiger charge is -2.31. The Labute approximate surface area is 77.0 Å². The van der Waals surface area contributed by atoms with E-state index in [-0.39, 0.29) is 0 Å². The van der Waals surface area contributed by atoms with Gasteiger partial charge in [-0.25, -0.2) is 4.98 Å². The second kappa shape index (κ2) is 3.47. The summed E-state index contributed by atoms with van der Waals surface area (Å²) < 4.78 is 5.10. The van der Waals surface area contributed by atoms with Crippen molar-refractivity contribution in [3.63, 3.8) is 0 Å². The van der Waals surface area contributed by atoms with Crippen LogP contribution in [0, 0.1) is 0 Å². The second-order valence-electron chi connectivity index (χ2n) is 3.65. The van der Waals surface area contributed by atoms with Gasteiger partial charge < -0.3 is 14.8 Å². The van der Waals surface area contributed by atoms with Crippen LogP contribution in [0.15, 0.2) is 17.0 Å². The number of hydrogen-bond donors (Lipinski definition) is 2. The summed E-state index contributed by atoms with van der Waals surface area (Å²) >= 11 is 0. The maximum absolute atomic E-state index is 10.1. The van der Waals surface area contributed by atoms with Crippen LogP contribution in [-0.4, -0.2) is 28.8 Å². The van der Waals surface area contributed by atoms with Gasteiger partial charge in [0.1, 0.15) is 5.76 Å². The average molecular weight is 182 g/mol. The molecule has 2 heterocycles. The van der Waals surface area contributed by atoms with Gasteiger partial charge in [-0.2, -0.15) is 0 Å². The summed E-state index contributed by atoms with van der Waals surface area (Å²) in [4.78, 5) is 3.82. The first kappa shape index (κ1) is 8.72. The summed E-state index contributed by atoms with van der Waals surface area (Å²) in [6.07, 6.45) is 5.47. The number of aliphatic hydroxyl groups is 1. The van der Waals surface area contributed by atoms with Gasteiger partial charge in [0.2, 0.25) is 0 Å². The van der Waals surface area contributed by atoms with Gasteiger partial charge in [0.05, 0.1) is 11.8 Å². The largest absolute Gasteiger partial charge is 0.448 e. The van der Waals surface area contributed by atoms with Gasteiger partial charge >= 0.3 is 0 Å². The second-order valence-corrected chi connectivity index (χ2v) is 3.65. The molecule has 2 rings (SSSR count). The molecule has 0 spiro atoms. The lowest BCUT2D eigenvalue weighted by molar-refractivity contribution is 0.0126. The Bertz CT molecular complexity index is 253. The van der Waals surface area contributed by atoms with Crippen LogP contribution >= 0.6 is 0 Å². The van der Waals surface area contributed by atoms with Crippen LogP contribution in [0.25, 0.3) is 0 Å². The molecule has 1 aromatic rings. The summed E-state index contributed by atoms with van der Waals surface area (Å²) in [5, 5.41) is 13.3. The molecule has 1 aromatic heterocycles. The van der Waals surface area contributed by atoms with Crippen LogP contribution in [0.5, 0.6) is 0 Å². The third kappa shape index (κ3) is 2.08. The normalized spacial score (nSPS) is 29.0. The van der Waals surface area contributed by atoms with Crippen molar-refractivity contribution in [3.05, 3.63) is 18.4 Å². The first-order valence-corrected chi connectivity index (χ1v) is 4.59. The molecule has 0 amide bonds. The summed E-state index contributed by atoms with van der Waals surface area (Å²) in [6.45, 7) is 1.65. The molecule has 4 nitrogen and oxygen atoms in total. The van der Waals surface area contributed by atoms with E-state index in [1.807, 2.05) is 0 Å². The smallest absolute Gasteiger partial charge is 0.180 e. The van der Waals surface area contributed by atoms with Gasteiger partial charge in [0.15, 0.2) is 6.39 Å². The highest BCUT2D eigenvalue weighted by atomic mass is 16.3. The molecule has 0 radical (unpaired) electrons. The Hall–Kier alpha value is -0.870.